The van der Waals surface area contributed by atoms with Crippen LogP contribution >= 0.6 is 0 Å². The van der Waals surface area contributed by atoms with E-state index in [1.54, 1.807) is 7.11 Å². The number of rotatable bonds is 6. The quantitative estimate of drug-likeness (QED) is 0.619. The highest BCUT2D eigenvalue weighted by molar-refractivity contribution is 6.24. The second kappa shape index (κ2) is 9.84. The first-order chi connectivity index (χ1) is 12.3. The molecule has 1 aromatic rings. The average Bonchev–Trinajstić information content (AvgIpc) is 2.97. The van der Waals surface area contributed by atoms with Crippen molar-refractivity contribution in [1.29, 1.82) is 0 Å². The molecule has 4 nitrogen and oxygen atoms in total. The Morgan fingerprint density at radius 1 is 1.20 bits per heavy atom. The molecule has 0 fully saturated rings. The number of allylic oxidation sites excluding steroid dienone is 4. The fourth-order valence-corrected chi connectivity index (χ4v) is 2.98. The van der Waals surface area contributed by atoms with Crippen LogP contribution < -0.4 is 10.1 Å². The van der Waals surface area contributed by atoms with E-state index in [9.17, 15) is 0 Å². The molecule has 0 unspecified atom stereocenters. The molecule has 25 heavy (non-hydrogen) atoms. The van der Waals surface area contributed by atoms with Gasteiger partial charge < -0.3 is 14.9 Å². The zero-order valence-electron chi connectivity index (χ0n) is 15.6. The highest BCUT2D eigenvalue weighted by Gasteiger charge is 2.28. The summed E-state index contributed by atoms with van der Waals surface area (Å²) in [5.41, 5.74) is 5.79. The summed E-state index contributed by atoms with van der Waals surface area (Å²) >= 11 is 0. The second-order valence-corrected chi connectivity index (χ2v) is 5.50. The average molecular weight is 340 g/mol. The van der Waals surface area contributed by atoms with Crippen LogP contribution in [0.2, 0.25) is 0 Å². The lowest BCUT2D eigenvalue weighted by molar-refractivity contribution is 0.214. The van der Waals surface area contributed by atoms with Crippen LogP contribution in [0.15, 0.2) is 53.2 Å². The van der Waals surface area contributed by atoms with Crippen molar-refractivity contribution >= 4 is 11.3 Å². The predicted octanol–water partition coefficient (Wildman–Crippen LogP) is 4.33. The molecule has 0 saturated carbocycles. The molecule has 0 saturated heterocycles. The number of nitrogens with zero attached hydrogens (tertiary/aromatic N) is 1. The van der Waals surface area contributed by atoms with E-state index in [0.29, 0.717) is 6.61 Å². The number of oxime groups is 1. The van der Waals surface area contributed by atoms with Crippen molar-refractivity contribution in [1.82, 2.24) is 5.32 Å². The number of ether oxygens (including phenoxy) is 1. The number of likely N-dealkylation sites (N-methyl/N-ethyl adjacent to an activating group) is 1. The smallest absolute Gasteiger partial charge is 0.120 e. The highest BCUT2D eigenvalue weighted by atomic mass is 16.6. The van der Waals surface area contributed by atoms with E-state index >= 15 is 0 Å². The lowest BCUT2D eigenvalue weighted by Crippen LogP contribution is -2.05. The van der Waals surface area contributed by atoms with E-state index in [-0.39, 0.29) is 0 Å². The van der Waals surface area contributed by atoms with Gasteiger partial charge in [0.2, 0.25) is 0 Å². The molecule has 3 rings (SSSR count). The van der Waals surface area contributed by atoms with Crippen LogP contribution in [0.1, 0.15) is 37.8 Å². The van der Waals surface area contributed by atoms with Gasteiger partial charge in [-0.3, -0.25) is 0 Å². The van der Waals surface area contributed by atoms with Crippen LogP contribution in [0.25, 0.3) is 5.57 Å². The first kappa shape index (κ1) is 19.0. The van der Waals surface area contributed by atoms with E-state index in [1.807, 2.05) is 33.0 Å². The van der Waals surface area contributed by atoms with Gasteiger partial charge in [-0.25, -0.2) is 0 Å². The lowest BCUT2D eigenvalue weighted by Gasteiger charge is -2.08. The Hall–Kier alpha value is -2.33. The number of nitrogens with one attached hydrogen (secondary N) is 1. The second-order valence-electron chi connectivity index (χ2n) is 5.50. The van der Waals surface area contributed by atoms with Gasteiger partial charge in [-0.05, 0) is 48.7 Å². The number of benzene rings is 1. The van der Waals surface area contributed by atoms with E-state index in [1.165, 1.54) is 16.7 Å². The molecule has 2 aliphatic rings. The van der Waals surface area contributed by atoms with E-state index in [0.717, 1.165) is 36.4 Å². The minimum Gasteiger partial charge on any atom is -0.490 e. The molecule has 0 aliphatic heterocycles. The monoisotopic (exact) mass is 340 g/mol. The van der Waals surface area contributed by atoms with Crippen LogP contribution in [-0.2, 0) is 4.84 Å². The third-order valence-electron chi connectivity index (χ3n) is 4.01. The van der Waals surface area contributed by atoms with Gasteiger partial charge in [-0.15, -0.1) is 0 Å². The Bertz CT molecular complexity index is 700. The molecule has 0 aromatic heterocycles. The fourth-order valence-electron chi connectivity index (χ4n) is 2.98. The van der Waals surface area contributed by atoms with Gasteiger partial charge in [0.15, 0.2) is 0 Å². The SMILES string of the molecule is CC.CNC/C=C\COc1ccc2c(c1)/C(=N/OC)C1=C2C=CCC1. The summed E-state index contributed by atoms with van der Waals surface area (Å²) < 4.78 is 5.81. The molecule has 2 aliphatic carbocycles. The predicted molar refractivity (Wildman–Crippen MR) is 105 cm³/mol. The molecule has 134 valence electrons. The normalized spacial score (nSPS) is 16.6. The summed E-state index contributed by atoms with van der Waals surface area (Å²) in [4.78, 5) is 5.07. The van der Waals surface area contributed by atoms with Gasteiger partial charge in [-0.1, -0.05) is 49.4 Å². The highest BCUT2D eigenvalue weighted by Crippen LogP contribution is 2.40. The molecule has 1 N–H and O–H groups in total. The van der Waals surface area contributed by atoms with Crippen molar-refractivity contribution in [3.8, 4) is 5.75 Å². The Morgan fingerprint density at radius 3 is 2.80 bits per heavy atom. The van der Waals surface area contributed by atoms with Crippen molar-refractivity contribution in [2.45, 2.75) is 26.7 Å². The van der Waals surface area contributed by atoms with Crippen LogP contribution in [0.4, 0.5) is 0 Å². The lowest BCUT2D eigenvalue weighted by atomic mass is 9.97. The molecule has 1 aromatic carbocycles. The van der Waals surface area contributed by atoms with Crippen LogP contribution in [0.5, 0.6) is 5.75 Å². The molecule has 0 atom stereocenters. The third-order valence-corrected chi connectivity index (χ3v) is 4.01. The third kappa shape index (κ3) is 4.40. The Kier molecular flexibility index (Phi) is 7.48. The summed E-state index contributed by atoms with van der Waals surface area (Å²) in [5, 5.41) is 7.32. The van der Waals surface area contributed by atoms with E-state index < -0.39 is 0 Å². The molecular formula is C21H28N2O2. The Morgan fingerprint density at radius 2 is 2.04 bits per heavy atom. The molecule has 0 spiro atoms. The summed E-state index contributed by atoms with van der Waals surface area (Å²) in [6.45, 7) is 5.41. The topological polar surface area (TPSA) is 42.8 Å². The summed E-state index contributed by atoms with van der Waals surface area (Å²) in [7, 11) is 3.52. The van der Waals surface area contributed by atoms with Crippen molar-refractivity contribution in [2.24, 2.45) is 5.16 Å². The van der Waals surface area contributed by atoms with Gasteiger partial charge >= 0.3 is 0 Å². The minimum atomic E-state index is 0.560. The van der Waals surface area contributed by atoms with Gasteiger partial charge in [0.05, 0.1) is 0 Å². The van der Waals surface area contributed by atoms with Crippen molar-refractivity contribution in [3.05, 3.63) is 59.2 Å². The first-order valence-corrected chi connectivity index (χ1v) is 8.93. The summed E-state index contributed by atoms with van der Waals surface area (Å²) in [6.07, 6.45) is 10.5. The largest absolute Gasteiger partial charge is 0.490 e. The van der Waals surface area contributed by atoms with Crippen molar-refractivity contribution in [3.63, 3.8) is 0 Å². The fraction of sp³-hybridized carbons (Fsp3) is 0.381. The summed E-state index contributed by atoms with van der Waals surface area (Å²) in [5.74, 6) is 0.852. The molecule has 0 heterocycles. The maximum Gasteiger partial charge on any atom is 0.120 e. The zero-order valence-corrected chi connectivity index (χ0v) is 15.6. The van der Waals surface area contributed by atoms with Gasteiger partial charge in [0.1, 0.15) is 25.2 Å². The van der Waals surface area contributed by atoms with E-state index in [2.05, 4.69) is 40.8 Å². The number of hydrogen-bond acceptors (Lipinski definition) is 4. The van der Waals surface area contributed by atoms with Gasteiger partial charge in [0, 0.05) is 12.1 Å². The molecule has 0 bridgehead atoms. The minimum absolute atomic E-state index is 0.560. The zero-order chi connectivity index (χ0) is 18.1. The molecule has 4 heteroatoms. The maximum absolute atomic E-state index is 5.81. The van der Waals surface area contributed by atoms with Crippen LogP contribution in [0, 0.1) is 0 Å². The molecule has 0 radical (unpaired) electrons. The summed E-state index contributed by atoms with van der Waals surface area (Å²) in [6, 6.07) is 6.20. The first-order valence-electron chi connectivity index (χ1n) is 8.93. The Balaban J connectivity index is 0.00000109. The number of hydrogen-bond donors (Lipinski definition) is 1. The van der Waals surface area contributed by atoms with Crippen molar-refractivity contribution < 1.29 is 9.57 Å². The standard InChI is InChI=1S/C19H22N2O2.C2H6/c1-20-11-5-6-12-23-14-9-10-16-15-7-3-4-8-17(15)19(21-22-2)18(16)13-14;1-2/h3,5-7,9-10,13,20H,4,8,11-12H2,1-2H3;1-2H3/b6-5-,21-19+;. The molecular weight excluding hydrogens is 312 g/mol. The van der Waals surface area contributed by atoms with Gasteiger partial charge in [-0.2, -0.15) is 0 Å². The van der Waals surface area contributed by atoms with Crippen LogP contribution in [-0.4, -0.2) is 33.0 Å². The van der Waals surface area contributed by atoms with Gasteiger partial charge in [0.25, 0.3) is 0 Å². The van der Waals surface area contributed by atoms with Crippen LogP contribution in [0.3, 0.4) is 0 Å². The van der Waals surface area contributed by atoms with Crippen molar-refractivity contribution in [2.75, 3.05) is 27.3 Å². The maximum atomic E-state index is 5.81. The number of fused-ring (bicyclic) bond motifs is 2. The molecule has 0 amide bonds. The Labute approximate surface area is 150 Å². The van der Waals surface area contributed by atoms with E-state index in [4.69, 9.17) is 9.57 Å².